The van der Waals surface area contributed by atoms with Gasteiger partial charge in [-0.3, -0.25) is 0 Å². The predicted octanol–water partition coefficient (Wildman–Crippen LogP) is 2.23. The van der Waals surface area contributed by atoms with Crippen LogP contribution in [0.4, 0.5) is 4.39 Å². The molecule has 0 aromatic rings. The highest BCUT2D eigenvalue weighted by molar-refractivity contribution is 5.23. The average Bonchev–Trinajstić information content (AvgIpc) is 2.33. The molecule has 0 amide bonds. The highest BCUT2D eigenvalue weighted by Gasteiger charge is 1.94. The molecular weight excluding hydrogens is 153 g/mol. The summed E-state index contributed by atoms with van der Waals surface area (Å²) in [5.41, 5.74) is 1.30. The second-order valence-electron chi connectivity index (χ2n) is 2.71. The molecule has 1 N–H and O–H groups in total. The quantitative estimate of drug-likeness (QED) is 0.636. The molecule has 1 aliphatic rings. The van der Waals surface area contributed by atoms with E-state index in [1.165, 1.54) is 5.57 Å². The Bertz CT molecular complexity index is 209. The number of nitrogens with one attached hydrogen (secondary N) is 1. The van der Waals surface area contributed by atoms with Crippen molar-refractivity contribution in [2.75, 3.05) is 19.8 Å². The fourth-order valence-electron chi connectivity index (χ4n) is 1.07. The zero-order valence-corrected chi connectivity index (χ0v) is 7.09. The second-order valence-corrected chi connectivity index (χ2v) is 2.71. The summed E-state index contributed by atoms with van der Waals surface area (Å²) in [6.45, 7) is 0.947. The van der Waals surface area contributed by atoms with Gasteiger partial charge in [-0.15, -0.1) is 0 Å². The van der Waals surface area contributed by atoms with Crippen LogP contribution in [0.5, 0.6) is 0 Å². The fourth-order valence-corrected chi connectivity index (χ4v) is 1.07. The summed E-state index contributed by atoms with van der Waals surface area (Å²) in [6.07, 6.45) is 11.2. The van der Waals surface area contributed by atoms with Crippen molar-refractivity contribution in [3.63, 3.8) is 0 Å². The Balaban J connectivity index is 0.00000144. The van der Waals surface area contributed by atoms with Crippen LogP contribution in [-0.4, -0.2) is 19.8 Å². The SMILES string of the molecule is FCCNCC1=CC=CC=CC1.[HH]. The van der Waals surface area contributed by atoms with Gasteiger partial charge in [0.1, 0.15) is 6.67 Å². The molecule has 2 heteroatoms. The zero-order chi connectivity index (χ0) is 8.65. The maximum Gasteiger partial charge on any atom is 0.102 e. The van der Waals surface area contributed by atoms with E-state index in [2.05, 4.69) is 17.5 Å². The van der Waals surface area contributed by atoms with Crippen LogP contribution in [0.2, 0.25) is 0 Å². The lowest BCUT2D eigenvalue weighted by Gasteiger charge is -2.03. The van der Waals surface area contributed by atoms with Gasteiger partial charge >= 0.3 is 0 Å². The van der Waals surface area contributed by atoms with Crippen LogP contribution in [0.25, 0.3) is 0 Å². The van der Waals surface area contributed by atoms with Crippen LogP contribution in [0.15, 0.2) is 36.0 Å². The Morgan fingerprint density at radius 2 is 2.33 bits per heavy atom. The number of hydrogen-bond donors (Lipinski definition) is 1. The summed E-state index contributed by atoms with van der Waals surface area (Å²) < 4.78 is 11.7. The van der Waals surface area contributed by atoms with E-state index >= 15 is 0 Å². The molecule has 0 aliphatic heterocycles. The highest BCUT2D eigenvalue weighted by Crippen LogP contribution is 2.04. The lowest BCUT2D eigenvalue weighted by Crippen LogP contribution is -2.19. The third kappa shape index (κ3) is 3.49. The fraction of sp³-hybridized carbons (Fsp3) is 0.400. The van der Waals surface area contributed by atoms with Gasteiger partial charge in [0.05, 0.1) is 0 Å². The van der Waals surface area contributed by atoms with E-state index in [0.29, 0.717) is 6.54 Å². The third-order valence-electron chi connectivity index (χ3n) is 1.69. The van der Waals surface area contributed by atoms with E-state index in [9.17, 15) is 4.39 Å². The highest BCUT2D eigenvalue weighted by atomic mass is 19.1. The summed E-state index contributed by atoms with van der Waals surface area (Å²) in [5.74, 6) is 0. The Morgan fingerprint density at radius 1 is 1.42 bits per heavy atom. The van der Waals surface area contributed by atoms with Crippen molar-refractivity contribution < 1.29 is 5.82 Å². The number of allylic oxidation sites excluding steroid dienone is 5. The van der Waals surface area contributed by atoms with Gasteiger partial charge in [0.15, 0.2) is 0 Å². The van der Waals surface area contributed by atoms with Gasteiger partial charge in [-0.05, 0) is 6.42 Å². The molecule has 12 heavy (non-hydrogen) atoms. The molecule has 0 aromatic heterocycles. The van der Waals surface area contributed by atoms with Crippen LogP contribution in [-0.2, 0) is 0 Å². The maximum atomic E-state index is 11.7. The molecule has 0 saturated heterocycles. The van der Waals surface area contributed by atoms with Crippen LogP contribution in [0, 0.1) is 0 Å². The van der Waals surface area contributed by atoms with E-state index in [1.807, 2.05) is 18.2 Å². The molecule has 0 radical (unpaired) electrons. The van der Waals surface area contributed by atoms with Crippen molar-refractivity contribution in [3.8, 4) is 0 Å². The zero-order valence-electron chi connectivity index (χ0n) is 7.09. The molecular formula is C10H16FN. The minimum Gasteiger partial charge on any atom is -0.310 e. The van der Waals surface area contributed by atoms with Crippen molar-refractivity contribution in [1.82, 2.24) is 5.32 Å². The summed E-state index contributed by atoms with van der Waals surface area (Å²) in [5, 5.41) is 3.02. The van der Waals surface area contributed by atoms with Gasteiger partial charge in [-0.2, -0.15) is 0 Å². The molecule has 68 valence electrons. The minimum atomic E-state index is -0.293. The van der Waals surface area contributed by atoms with Crippen molar-refractivity contribution in [1.29, 1.82) is 0 Å². The summed E-state index contributed by atoms with van der Waals surface area (Å²) in [4.78, 5) is 0. The standard InChI is InChI=1S/C10H14FN.H2/c11-7-8-12-9-10-5-3-1-2-4-6-10;/h1-5,12H,6-9H2;1H. The molecule has 1 aliphatic carbocycles. The van der Waals surface area contributed by atoms with Crippen molar-refractivity contribution >= 4 is 0 Å². The van der Waals surface area contributed by atoms with E-state index in [4.69, 9.17) is 0 Å². The Kier molecular flexibility index (Phi) is 4.39. The Hall–Kier alpha value is -0.890. The van der Waals surface area contributed by atoms with E-state index < -0.39 is 0 Å². The van der Waals surface area contributed by atoms with Crippen molar-refractivity contribution in [2.24, 2.45) is 0 Å². The molecule has 0 heterocycles. The Labute approximate surface area is 74.1 Å². The summed E-state index contributed by atoms with van der Waals surface area (Å²) in [7, 11) is 0. The average molecular weight is 169 g/mol. The normalized spacial score (nSPS) is 15.9. The predicted molar refractivity (Wildman–Crippen MR) is 51.9 cm³/mol. The second kappa shape index (κ2) is 5.72. The van der Waals surface area contributed by atoms with E-state index in [-0.39, 0.29) is 8.10 Å². The first-order valence-corrected chi connectivity index (χ1v) is 4.21. The topological polar surface area (TPSA) is 12.0 Å². The van der Waals surface area contributed by atoms with Crippen LogP contribution in [0.1, 0.15) is 7.85 Å². The first kappa shape index (κ1) is 9.20. The van der Waals surface area contributed by atoms with Gasteiger partial charge in [-0.25, -0.2) is 4.39 Å². The minimum absolute atomic E-state index is 0. The first-order chi connectivity index (χ1) is 5.93. The van der Waals surface area contributed by atoms with Crippen LogP contribution in [0.3, 0.4) is 0 Å². The first-order valence-electron chi connectivity index (χ1n) is 4.21. The third-order valence-corrected chi connectivity index (χ3v) is 1.69. The molecule has 0 fully saturated rings. The monoisotopic (exact) mass is 169 g/mol. The number of alkyl halides is 1. The van der Waals surface area contributed by atoms with Crippen LogP contribution < -0.4 is 5.32 Å². The molecule has 0 aromatic carbocycles. The molecule has 0 atom stereocenters. The van der Waals surface area contributed by atoms with Crippen LogP contribution >= 0.6 is 0 Å². The number of rotatable bonds is 4. The van der Waals surface area contributed by atoms with Gasteiger partial charge in [0.25, 0.3) is 0 Å². The van der Waals surface area contributed by atoms with Crippen molar-refractivity contribution in [3.05, 3.63) is 36.0 Å². The molecule has 1 rings (SSSR count). The molecule has 0 bridgehead atoms. The van der Waals surface area contributed by atoms with Gasteiger partial charge in [0, 0.05) is 14.5 Å². The summed E-state index contributed by atoms with van der Waals surface area (Å²) in [6, 6.07) is 0. The molecule has 0 saturated carbocycles. The number of halogens is 1. The lowest BCUT2D eigenvalue weighted by atomic mass is 10.2. The largest absolute Gasteiger partial charge is 0.310 e. The molecule has 0 spiro atoms. The summed E-state index contributed by atoms with van der Waals surface area (Å²) >= 11 is 0. The van der Waals surface area contributed by atoms with E-state index in [0.717, 1.165) is 13.0 Å². The smallest absolute Gasteiger partial charge is 0.102 e. The number of hydrogen-bond acceptors (Lipinski definition) is 1. The van der Waals surface area contributed by atoms with E-state index in [1.54, 1.807) is 0 Å². The van der Waals surface area contributed by atoms with Gasteiger partial charge in [-0.1, -0.05) is 36.0 Å². The molecule has 0 unspecified atom stereocenters. The van der Waals surface area contributed by atoms with Crippen molar-refractivity contribution in [2.45, 2.75) is 6.42 Å². The van der Waals surface area contributed by atoms with Gasteiger partial charge < -0.3 is 5.32 Å². The lowest BCUT2D eigenvalue weighted by molar-refractivity contribution is 0.473. The molecule has 1 nitrogen and oxygen atoms in total. The Morgan fingerprint density at radius 3 is 3.17 bits per heavy atom. The maximum absolute atomic E-state index is 11.7. The van der Waals surface area contributed by atoms with Gasteiger partial charge in [0.2, 0.25) is 0 Å².